The summed E-state index contributed by atoms with van der Waals surface area (Å²) in [6.07, 6.45) is 9.77. The van der Waals surface area contributed by atoms with E-state index in [1.54, 1.807) is 12.1 Å². The number of benzene rings is 2. The molecule has 1 fully saturated rings. The van der Waals surface area contributed by atoms with Crippen LogP contribution in [0.3, 0.4) is 0 Å². The number of esters is 2. The van der Waals surface area contributed by atoms with Crippen molar-refractivity contribution in [3.05, 3.63) is 71.8 Å². The summed E-state index contributed by atoms with van der Waals surface area (Å²) >= 11 is 0. The average Bonchev–Trinajstić information content (AvgIpc) is 3.01. The zero-order valence-electron chi connectivity index (χ0n) is 25.7. The van der Waals surface area contributed by atoms with Gasteiger partial charge in [0.2, 0.25) is 0 Å². The van der Waals surface area contributed by atoms with E-state index in [0.717, 1.165) is 56.9 Å². The Labute approximate surface area is 252 Å². The minimum Gasteiger partial charge on any atom is -0.469 e. The lowest BCUT2D eigenvalue weighted by Gasteiger charge is -2.41. The second kappa shape index (κ2) is 19.4. The number of carbonyl (C=O) groups is 2. The third-order valence-electron chi connectivity index (χ3n) is 7.70. The molecular formula is C35H50O7. The van der Waals surface area contributed by atoms with Crippen LogP contribution in [0.2, 0.25) is 0 Å². The normalized spacial score (nSPS) is 21.0. The molecule has 3 rings (SSSR count). The van der Waals surface area contributed by atoms with Crippen molar-refractivity contribution in [1.82, 2.24) is 0 Å². The number of ether oxygens (including phenoxy) is 5. The van der Waals surface area contributed by atoms with Crippen molar-refractivity contribution in [3.63, 3.8) is 0 Å². The summed E-state index contributed by atoms with van der Waals surface area (Å²) in [6, 6.07) is 19.1. The van der Waals surface area contributed by atoms with E-state index in [2.05, 4.69) is 6.92 Å². The molecule has 0 unspecified atom stereocenters. The largest absolute Gasteiger partial charge is 0.469 e. The lowest BCUT2D eigenvalue weighted by molar-refractivity contribution is -0.284. The molecule has 0 spiro atoms. The van der Waals surface area contributed by atoms with Gasteiger partial charge in [-0.2, -0.15) is 0 Å². The minimum absolute atomic E-state index is 0.0121. The van der Waals surface area contributed by atoms with Gasteiger partial charge in [-0.3, -0.25) is 4.79 Å². The van der Waals surface area contributed by atoms with E-state index in [1.807, 2.05) is 55.5 Å². The summed E-state index contributed by atoms with van der Waals surface area (Å²) < 4.78 is 30.1. The lowest BCUT2D eigenvalue weighted by atomic mass is 10.0. The maximum Gasteiger partial charge on any atom is 0.338 e. The highest BCUT2D eigenvalue weighted by atomic mass is 16.7. The second-order valence-corrected chi connectivity index (χ2v) is 11.3. The van der Waals surface area contributed by atoms with Crippen molar-refractivity contribution in [3.8, 4) is 0 Å². The zero-order valence-corrected chi connectivity index (χ0v) is 25.7. The summed E-state index contributed by atoms with van der Waals surface area (Å²) in [5, 5.41) is 0. The Kier molecular flexibility index (Phi) is 15.6. The van der Waals surface area contributed by atoms with Crippen LogP contribution in [0.15, 0.2) is 60.7 Å². The van der Waals surface area contributed by atoms with Gasteiger partial charge in [0.15, 0.2) is 12.4 Å². The maximum atomic E-state index is 13.1. The number of methoxy groups -OCH3 is 1. The molecule has 2 aromatic rings. The van der Waals surface area contributed by atoms with Crippen LogP contribution in [0.4, 0.5) is 0 Å². The standard InChI is InChI=1S/C35H50O7/c1-4-18-30(23-16-8-6-5-7-9-17-24-32(36)38-3)41-35-33(42-34(37)29-21-14-11-15-22-29)31(25-27(2)40-35)39-26-28-19-12-10-13-20-28/h10-15,19-22,27,30-31,33,35H,4-9,16-18,23-26H2,1-3H3/t27-,30+,31+,33-,35+/m1/s1. The van der Waals surface area contributed by atoms with Gasteiger partial charge in [0, 0.05) is 12.8 Å². The fourth-order valence-electron chi connectivity index (χ4n) is 5.37. The highest BCUT2D eigenvalue weighted by molar-refractivity contribution is 5.89. The number of hydrogen-bond acceptors (Lipinski definition) is 7. The van der Waals surface area contributed by atoms with Crippen LogP contribution >= 0.6 is 0 Å². The van der Waals surface area contributed by atoms with E-state index < -0.39 is 18.4 Å². The summed E-state index contributed by atoms with van der Waals surface area (Å²) in [6.45, 7) is 4.60. The molecule has 5 atom stereocenters. The molecule has 7 heteroatoms. The van der Waals surface area contributed by atoms with Gasteiger partial charge in [0.25, 0.3) is 0 Å². The van der Waals surface area contributed by atoms with E-state index in [1.165, 1.54) is 20.0 Å². The topological polar surface area (TPSA) is 80.3 Å². The molecule has 42 heavy (non-hydrogen) atoms. The van der Waals surface area contributed by atoms with Crippen LogP contribution in [0.25, 0.3) is 0 Å². The summed E-state index contributed by atoms with van der Waals surface area (Å²) in [5.41, 5.74) is 1.56. The minimum atomic E-state index is -0.700. The molecule has 0 N–H and O–H groups in total. The number of hydrogen-bond donors (Lipinski definition) is 0. The van der Waals surface area contributed by atoms with Crippen molar-refractivity contribution >= 4 is 11.9 Å². The molecule has 0 saturated carbocycles. The number of rotatable bonds is 19. The van der Waals surface area contributed by atoms with Crippen LogP contribution in [0, 0.1) is 0 Å². The number of carbonyl (C=O) groups excluding carboxylic acids is 2. The maximum absolute atomic E-state index is 13.1. The Bertz CT molecular complexity index is 1010. The molecule has 0 radical (unpaired) electrons. The highest BCUT2D eigenvalue weighted by Gasteiger charge is 2.42. The van der Waals surface area contributed by atoms with Crippen LogP contribution in [0.1, 0.15) is 107 Å². The first-order valence-corrected chi connectivity index (χ1v) is 15.8. The molecule has 0 bridgehead atoms. The molecule has 232 valence electrons. The van der Waals surface area contributed by atoms with Gasteiger partial charge in [-0.25, -0.2) is 4.79 Å². The second-order valence-electron chi connectivity index (χ2n) is 11.3. The fraction of sp³-hybridized carbons (Fsp3) is 0.600. The number of unbranched alkanes of at least 4 members (excludes halogenated alkanes) is 6. The monoisotopic (exact) mass is 582 g/mol. The smallest absolute Gasteiger partial charge is 0.338 e. The van der Waals surface area contributed by atoms with Crippen molar-refractivity contribution < 1.29 is 33.3 Å². The van der Waals surface area contributed by atoms with Crippen LogP contribution in [-0.4, -0.2) is 49.8 Å². The van der Waals surface area contributed by atoms with Gasteiger partial charge in [0.1, 0.15) is 6.10 Å². The summed E-state index contributed by atoms with van der Waals surface area (Å²) in [5.74, 6) is -0.529. The van der Waals surface area contributed by atoms with Crippen molar-refractivity contribution in [2.75, 3.05) is 7.11 Å². The fourth-order valence-corrected chi connectivity index (χ4v) is 5.37. The first-order chi connectivity index (χ1) is 20.5. The van der Waals surface area contributed by atoms with Crippen molar-refractivity contribution in [1.29, 1.82) is 0 Å². The SMILES string of the molecule is CCC[C@@H](CCCCCCCCCC(=O)OC)O[C@@H]1O[C@H](C)C[C@H](OCc2ccccc2)[C@H]1OC(=O)c1ccccc1. The Balaban J connectivity index is 1.57. The third-order valence-corrected chi connectivity index (χ3v) is 7.70. The van der Waals surface area contributed by atoms with E-state index in [-0.39, 0.29) is 24.3 Å². The van der Waals surface area contributed by atoms with E-state index in [4.69, 9.17) is 23.7 Å². The molecule has 0 aliphatic carbocycles. The first-order valence-electron chi connectivity index (χ1n) is 15.8. The van der Waals surface area contributed by atoms with Gasteiger partial charge in [-0.1, -0.05) is 100 Å². The average molecular weight is 583 g/mol. The van der Waals surface area contributed by atoms with Crippen molar-refractivity contribution in [2.24, 2.45) is 0 Å². The third kappa shape index (κ3) is 12.2. The lowest BCUT2D eigenvalue weighted by Crippen LogP contribution is -2.53. The van der Waals surface area contributed by atoms with Gasteiger partial charge in [0.05, 0.1) is 31.5 Å². The molecule has 1 aliphatic heterocycles. The molecule has 0 amide bonds. The molecule has 0 aromatic heterocycles. The summed E-state index contributed by atoms with van der Waals surface area (Å²) in [7, 11) is 1.44. The molecule has 1 heterocycles. The van der Waals surface area contributed by atoms with Gasteiger partial charge < -0.3 is 23.7 Å². The quantitative estimate of drug-likeness (QED) is 0.123. The van der Waals surface area contributed by atoms with Crippen molar-refractivity contribution in [2.45, 2.75) is 128 Å². The Morgan fingerprint density at radius 1 is 0.881 bits per heavy atom. The molecule has 1 saturated heterocycles. The van der Waals surface area contributed by atoms with Gasteiger partial charge in [-0.15, -0.1) is 0 Å². The van der Waals surface area contributed by atoms with Crippen LogP contribution < -0.4 is 0 Å². The molecule has 2 aromatic carbocycles. The van der Waals surface area contributed by atoms with E-state index in [9.17, 15) is 9.59 Å². The Hall–Kier alpha value is -2.74. The van der Waals surface area contributed by atoms with Crippen LogP contribution in [0.5, 0.6) is 0 Å². The molecular weight excluding hydrogens is 532 g/mol. The van der Waals surface area contributed by atoms with Crippen LogP contribution in [-0.2, 0) is 35.1 Å². The van der Waals surface area contributed by atoms with Gasteiger partial charge in [-0.05, 0) is 43.9 Å². The highest BCUT2D eigenvalue weighted by Crippen LogP contribution is 2.30. The first kappa shape index (κ1) is 33.8. The zero-order chi connectivity index (χ0) is 30.0. The predicted molar refractivity (Wildman–Crippen MR) is 163 cm³/mol. The van der Waals surface area contributed by atoms with E-state index >= 15 is 0 Å². The molecule has 1 aliphatic rings. The Morgan fingerprint density at radius 3 is 2.19 bits per heavy atom. The van der Waals surface area contributed by atoms with Gasteiger partial charge >= 0.3 is 11.9 Å². The molecule has 7 nitrogen and oxygen atoms in total. The van der Waals surface area contributed by atoms with E-state index in [0.29, 0.717) is 25.0 Å². The predicted octanol–water partition coefficient (Wildman–Crippen LogP) is 7.80. The Morgan fingerprint density at radius 2 is 1.52 bits per heavy atom. The summed E-state index contributed by atoms with van der Waals surface area (Å²) in [4.78, 5) is 24.4.